The van der Waals surface area contributed by atoms with Crippen molar-refractivity contribution in [2.24, 2.45) is 0 Å². The third kappa shape index (κ3) is 4.43. The molecule has 1 aromatic heterocycles. The first-order valence-electron chi connectivity index (χ1n) is 10.6. The molecule has 2 radical (unpaired) electrons. The fourth-order valence-corrected chi connectivity index (χ4v) is 4.20. The highest BCUT2D eigenvalue weighted by Gasteiger charge is 2.28. The van der Waals surface area contributed by atoms with E-state index in [0.29, 0.717) is 38.8 Å². The second kappa shape index (κ2) is 10.0. The fraction of sp³-hybridized carbons (Fsp3) is 0.304. The largest absolute Gasteiger partial charge is 0.347 e. The van der Waals surface area contributed by atoms with Crippen LogP contribution in [-0.4, -0.2) is 46.8 Å². The molecular formula is C23H24BN5O2S. The van der Waals surface area contributed by atoms with Crippen molar-refractivity contribution >= 4 is 36.4 Å². The monoisotopic (exact) mass is 445 g/mol. The van der Waals surface area contributed by atoms with Gasteiger partial charge in [0.05, 0.1) is 25.8 Å². The molecular weight excluding hydrogens is 421 g/mol. The van der Waals surface area contributed by atoms with E-state index in [-0.39, 0.29) is 11.1 Å². The van der Waals surface area contributed by atoms with Crippen LogP contribution in [0.25, 0.3) is 22.5 Å². The van der Waals surface area contributed by atoms with Gasteiger partial charge in [-0.2, -0.15) is 0 Å². The maximum Gasteiger partial charge on any atom is 0.278 e. The minimum absolute atomic E-state index is 0.00320. The van der Waals surface area contributed by atoms with Gasteiger partial charge in [-0.25, -0.2) is 4.68 Å². The maximum absolute atomic E-state index is 13.3. The average molecular weight is 445 g/mol. The Hall–Kier alpha value is -3.07. The predicted molar refractivity (Wildman–Crippen MR) is 129 cm³/mol. The number of thioether (sulfide) groups is 1. The molecule has 9 heteroatoms. The van der Waals surface area contributed by atoms with Crippen molar-refractivity contribution in [2.45, 2.75) is 32.3 Å². The van der Waals surface area contributed by atoms with Crippen LogP contribution in [0.15, 0.2) is 48.5 Å². The van der Waals surface area contributed by atoms with E-state index in [1.165, 1.54) is 0 Å². The van der Waals surface area contributed by atoms with Crippen molar-refractivity contribution < 1.29 is 9.59 Å². The molecule has 162 valence electrons. The van der Waals surface area contributed by atoms with Gasteiger partial charge in [-0.15, -0.1) is 5.10 Å². The number of aryl methyl sites for hydroxylation is 1. The van der Waals surface area contributed by atoms with Crippen LogP contribution in [0.4, 0.5) is 10.5 Å². The molecule has 2 aromatic carbocycles. The lowest BCUT2D eigenvalue weighted by Gasteiger charge is -2.28. The molecule has 3 aromatic rings. The molecule has 0 unspecified atom stereocenters. The first kappa shape index (κ1) is 22.1. The molecule has 2 amide bonds. The number of para-hydroxylation sites is 1. The van der Waals surface area contributed by atoms with Gasteiger partial charge in [-0.1, -0.05) is 65.8 Å². The van der Waals surface area contributed by atoms with Crippen molar-refractivity contribution in [1.29, 1.82) is 0 Å². The van der Waals surface area contributed by atoms with Gasteiger partial charge in [0.15, 0.2) is 0 Å². The van der Waals surface area contributed by atoms with E-state index >= 15 is 0 Å². The van der Waals surface area contributed by atoms with Gasteiger partial charge in [0.2, 0.25) is 5.91 Å². The van der Waals surface area contributed by atoms with Gasteiger partial charge in [0.25, 0.3) is 5.24 Å². The number of carbonyl (C=O) groups excluding carboxylic acids is 2. The molecule has 4 rings (SSSR count). The molecule has 0 spiro atoms. The summed E-state index contributed by atoms with van der Waals surface area (Å²) in [5.74, 6) is 0.00320. The van der Waals surface area contributed by atoms with E-state index in [2.05, 4.69) is 15.6 Å². The van der Waals surface area contributed by atoms with Gasteiger partial charge in [-0.05, 0) is 24.3 Å². The Morgan fingerprint density at radius 3 is 2.66 bits per heavy atom. The summed E-state index contributed by atoms with van der Waals surface area (Å²) >= 11 is 1.13. The van der Waals surface area contributed by atoms with Crippen LogP contribution in [0.1, 0.15) is 18.4 Å². The number of fused-ring (bicyclic) bond motifs is 5. The molecule has 0 saturated carbocycles. The van der Waals surface area contributed by atoms with E-state index in [1.54, 1.807) is 6.26 Å². The van der Waals surface area contributed by atoms with Crippen molar-refractivity contribution in [3.63, 3.8) is 0 Å². The standard InChI is InChI=1S/C23H24BN5O2S/c1-32-23(31)25-13-6-11-20(30)28-15-16-7-2-3-8-17(16)22-21(26-27-29(22)14-12-24)18-9-4-5-10-19(18)28/h2-5,7-10H,6,11-15H2,1H3,(H,25,31). The third-order valence-electron chi connectivity index (χ3n) is 5.45. The average Bonchev–Trinajstić information content (AvgIpc) is 3.22. The second-order valence-corrected chi connectivity index (χ2v) is 8.25. The number of nitrogens with one attached hydrogen (secondary N) is 1. The maximum atomic E-state index is 13.3. The molecule has 7 nitrogen and oxygen atoms in total. The zero-order valence-corrected chi connectivity index (χ0v) is 18.8. The molecule has 0 saturated heterocycles. The minimum Gasteiger partial charge on any atom is -0.347 e. The highest BCUT2D eigenvalue weighted by molar-refractivity contribution is 8.12. The highest BCUT2D eigenvalue weighted by atomic mass is 32.2. The molecule has 0 fully saturated rings. The second-order valence-electron chi connectivity index (χ2n) is 7.47. The van der Waals surface area contributed by atoms with Gasteiger partial charge < -0.3 is 10.2 Å². The lowest BCUT2D eigenvalue weighted by Crippen LogP contribution is -2.32. The van der Waals surface area contributed by atoms with Crippen molar-refractivity contribution in [2.75, 3.05) is 17.7 Å². The summed E-state index contributed by atoms with van der Waals surface area (Å²) in [4.78, 5) is 26.6. The molecule has 0 atom stereocenters. The summed E-state index contributed by atoms with van der Waals surface area (Å²) in [5.41, 5.74) is 5.36. The number of hydrogen-bond donors (Lipinski definition) is 1. The summed E-state index contributed by atoms with van der Waals surface area (Å²) in [6, 6.07) is 15.8. The molecule has 1 N–H and O–H groups in total. The molecule has 1 aliphatic heterocycles. The zero-order valence-electron chi connectivity index (χ0n) is 18.0. The molecule has 0 aliphatic carbocycles. The lowest BCUT2D eigenvalue weighted by atomic mass is 9.95. The fourth-order valence-electron chi connectivity index (χ4n) is 3.95. The normalized spacial score (nSPS) is 12.2. The van der Waals surface area contributed by atoms with Crippen LogP contribution in [0.2, 0.25) is 6.32 Å². The van der Waals surface area contributed by atoms with Gasteiger partial charge in [0, 0.05) is 30.6 Å². The highest BCUT2D eigenvalue weighted by Crippen LogP contribution is 2.41. The van der Waals surface area contributed by atoms with Gasteiger partial charge in [0.1, 0.15) is 5.69 Å². The SMILES string of the molecule is [B]CCn1nnc2c1-c1ccccc1CN(C(=O)CCCNC(=O)SC)c1ccccc1-2. The Morgan fingerprint density at radius 2 is 1.88 bits per heavy atom. The molecule has 1 aliphatic rings. The van der Waals surface area contributed by atoms with Crippen molar-refractivity contribution in [3.8, 4) is 22.5 Å². The number of rotatable bonds is 6. The lowest BCUT2D eigenvalue weighted by molar-refractivity contribution is -0.118. The first-order chi connectivity index (χ1) is 15.6. The topological polar surface area (TPSA) is 80.1 Å². The van der Waals surface area contributed by atoms with E-state index in [9.17, 15) is 9.59 Å². The Balaban J connectivity index is 1.73. The number of anilines is 1. The number of aromatic nitrogens is 3. The number of hydrogen-bond acceptors (Lipinski definition) is 5. The van der Waals surface area contributed by atoms with Gasteiger partial charge in [-0.3, -0.25) is 9.59 Å². The third-order valence-corrected chi connectivity index (χ3v) is 5.97. The Kier molecular flexibility index (Phi) is 6.94. The quantitative estimate of drug-likeness (QED) is 0.460. The van der Waals surface area contributed by atoms with Crippen LogP contribution in [-0.2, 0) is 17.9 Å². The zero-order chi connectivity index (χ0) is 22.5. The summed E-state index contributed by atoms with van der Waals surface area (Å²) in [6.45, 7) is 1.47. The number of amides is 2. The van der Waals surface area contributed by atoms with E-state index in [4.69, 9.17) is 7.85 Å². The van der Waals surface area contributed by atoms with Crippen LogP contribution in [0, 0.1) is 0 Å². The smallest absolute Gasteiger partial charge is 0.278 e. The van der Waals surface area contributed by atoms with Crippen LogP contribution >= 0.6 is 11.8 Å². The summed E-state index contributed by atoms with van der Waals surface area (Å²) in [5, 5.41) is 11.6. The van der Waals surface area contributed by atoms with Crippen LogP contribution < -0.4 is 10.2 Å². The Morgan fingerprint density at radius 1 is 1.12 bits per heavy atom. The van der Waals surface area contributed by atoms with Gasteiger partial charge >= 0.3 is 0 Å². The van der Waals surface area contributed by atoms with Crippen LogP contribution in [0.5, 0.6) is 0 Å². The van der Waals surface area contributed by atoms with Crippen molar-refractivity contribution in [1.82, 2.24) is 20.3 Å². The summed E-state index contributed by atoms with van der Waals surface area (Å²) in [7, 11) is 5.82. The van der Waals surface area contributed by atoms with E-state index in [1.807, 2.05) is 58.1 Å². The Labute approximate surface area is 193 Å². The Bertz CT molecular complexity index is 1130. The number of nitrogens with zero attached hydrogens (tertiary/aromatic N) is 4. The first-order valence-corrected chi connectivity index (χ1v) is 11.8. The van der Waals surface area contributed by atoms with E-state index in [0.717, 1.165) is 45.5 Å². The number of benzene rings is 2. The number of carbonyl (C=O) groups is 2. The van der Waals surface area contributed by atoms with Crippen molar-refractivity contribution in [3.05, 3.63) is 54.1 Å². The minimum atomic E-state index is -0.0870. The molecule has 2 heterocycles. The summed E-state index contributed by atoms with van der Waals surface area (Å²) < 4.78 is 1.84. The summed E-state index contributed by atoms with van der Waals surface area (Å²) in [6.07, 6.45) is 3.09. The van der Waals surface area contributed by atoms with E-state index < -0.39 is 0 Å². The van der Waals surface area contributed by atoms with Crippen LogP contribution in [0.3, 0.4) is 0 Å². The molecule has 32 heavy (non-hydrogen) atoms. The predicted octanol–water partition coefficient (Wildman–Crippen LogP) is 3.90. The molecule has 0 bridgehead atoms.